The number of carboxylic acids is 1. The molecule has 0 unspecified atom stereocenters. The number of rotatable bonds is 4. The lowest BCUT2D eigenvalue weighted by Crippen LogP contribution is -2.16. The fourth-order valence-corrected chi connectivity index (χ4v) is 4.42. The van der Waals surface area contributed by atoms with Crippen LogP contribution in [0.2, 0.25) is 0 Å². The maximum absolute atomic E-state index is 13.1. The Hall–Kier alpha value is -4.63. The summed E-state index contributed by atoms with van der Waals surface area (Å²) < 4.78 is 13.5. The Morgan fingerprint density at radius 3 is 2.51 bits per heavy atom. The van der Waals surface area contributed by atoms with Crippen molar-refractivity contribution >= 4 is 27.9 Å². The lowest BCUT2D eigenvalue weighted by molar-refractivity contribution is -0.134. The van der Waals surface area contributed by atoms with Gasteiger partial charge in [-0.05, 0) is 17.2 Å². The van der Waals surface area contributed by atoms with Gasteiger partial charge in [-0.2, -0.15) is 0 Å². The molecule has 0 atom stereocenters. The number of para-hydroxylation sites is 1. The van der Waals surface area contributed by atoms with Crippen molar-refractivity contribution in [2.75, 3.05) is 13.2 Å². The fraction of sp³-hybridized carbons (Fsp3) is 0.179. The van der Waals surface area contributed by atoms with Gasteiger partial charge >= 0.3 is 0 Å². The molecule has 0 amide bonds. The van der Waals surface area contributed by atoms with E-state index in [0.29, 0.717) is 54.5 Å². The summed E-state index contributed by atoms with van der Waals surface area (Å²) in [6, 6.07) is 19.9. The Labute approximate surface area is 212 Å². The number of hydrogen-bond acceptors (Lipinski definition) is 6. The topological polar surface area (TPSA) is 132 Å². The SMILES string of the molecule is CC(=O)O.NCc1cccc(Cn2cc(-c3nc4cc5c(cc4[nH]c3=O)OCCO5)c3ccccc32)c1. The molecule has 0 saturated heterocycles. The molecule has 0 bridgehead atoms. The van der Waals surface area contributed by atoms with Crippen LogP contribution in [0.4, 0.5) is 0 Å². The molecule has 0 fully saturated rings. The van der Waals surface area contributed by atoms with Crippen molar-refractivity contribution in [3.05, 3.63) is 88.3 Å². The zero-order valence-corrected chi connectivity index (χ0v) is 20.2. The smallest absolute Gasteiger partial charge is 0.300 e. The Balaban J connectivity index is 0.000000655. The van der Waals surface area contributed by atoms with Crippen LogP contribution in [-0.2, 0) is 17.9 Å². The predicted molar refractivity (Wildman–Crippen MR) is 141 cm³/mol. The van der Waals surface area contributed by atoms with E-state index in [-0.39, 0.29) is 5.56 Å². The third kappa shape index (κ3) is 5.03. The minimum Gasteiger partial charge on any atom is -0.486 e. The van der Waals surface area contributed by atoms with Crippen molar-refractivity contribution < 1.29 is 19.4 Å². The summed E-state index contributed by atoms with van der Waals surface area (Å²) in [7, 11) is 0. The van der Waals surface area contributed by atoms with Crippen LogP contribution in [0.15, 0.2) is 71.7 Å². The van der Waals surface area contributed by atoms with E-state index in [0.717, 1.165) is 34.5 Å². The average molecular weight is 499 g/mol. The van der Waals surface area contributed by atoms with Crippen molar-refractivity contribution in [3.8, 4) is 22.8 Å². The first-order valence-corrected chi connectivity index (χ1v) is 11.8. The van der Waals surface area contributed by atoms with Gasteiger partial charge in [0.15, 0.2) is 11.5 Å². The quantitative estimate of drug-likeness (QED) is 0.342. The van der Waals surface area contributed by atoms with Crippen molar-refractivity contribution in [1.82, 2.24) is 14.5 Å². The highest BCUT2D eigenvalue weighted by molar-refractivity contribution is 5.96. The monoisotopic (exact) mass is 498 g/mol. The number of nitrogens with two attached hydrogens (primary N) is 1. The molecule has 188 valence electrons. The Bertz CT molecular complexity index is 1670. The summed E-state index contributed by atoms with van der Waals surface area (Å²) in [6.45, 7) is 3.23. The second-order valence-corrected chi connectivity index (χ2v) is 8.66. The maximum atomic E-state index is 13.1. The van der Waals surface area contributed by atoms with E-state index < -0.39 is 5.97 Å². The molecule has 5 aromatic rings. The van der Waals surface area contributed by atoms with Crippen LogP contribution in [0.5, 0.6) is 11.5 Å². The molecule has 9 heteroatoms. The molecule has 0 radical (unpaired) electrons. The molecule has 9 nitrogen and oxygen atoms in total. The lowest BCUT2D eigenvalue weighted by Gasteiger charge is -2.18. The molecule has 0 aliphatic carbocycles. The molecule has 1 aliphatic rings. The number of aromatic amines is 1. The summed E-state index contributed by atoms with van der Waals surface area (Å²) in [5.41, 5.74) is 11.3. The minimum atomic E-state index is -0.833. The normalized spacial score (nSPS) is 12.3. The van der Waals surface area contributed by atoms with Gasteiger partial charge in [-0.15, -0.1) is 0 Å². The van der Waals surface area contributed by atoms with Gasteiger partial charge in [-0.3, -0.25) is 9.59 Å². The molecule has 6 rings (SSSR count). The highest BCUT2D eigenvalue weighted by Gasteiger charge is 2.18. The van der Waals surface area contributed by atoms with E-state index in [4.69, 9.17) is 30.1 Å². The first kappa shape index (κ1) is 24.1. The largest absolute Gasteiger partial charge is 0.486 e. The molecule has 1 aliphatic heterocycles. The number of aromatic nitrogens is 3. The summed E-state index contributed by atoms with van der Waals surface area (Å²) in [4.78, 5) is 29.8. The van der Waals surface area contributed by atoms with Crippen LogP contribution in [0, 0.1) is 0 Å². The third-order valence-electron chi connectivity index (χ3n) is 5.98. The van der Waals surface area contributed by atoms with E-state index in [2.05, 4.69) is 27.8 Å². The molecular formula is C28H26N4O5. The van der Waals surface area contributed by atoms with E-state index in [1.54, 1.807) is 6.07 Å². The van der Waals surface area contributed by atoms with E-state index in [9.17, 15) is 4.79 Å². The van der Waals surface area contributed by atoms with E-state index >= 15 is 0 Å². The van der Waals surface area contributed by atoms with Crippen LogP contribution < -0.4 is 20.8 Å². The number of fused-ring (bicyclic) bond motifs is 3. The molecular weight excluding hydrogens is 472 g/mol. The van der Waals surface area contributed by atoms with Gasteiger partial charge in [0.2, 0.25) is 0 Å². The van der Waals surface area contributed by atoms with E-state index in [1.165, 1.54) is 0 Å². The summed E-state index contributed by atoms with van der Waals surface area (Å²) in [6.07, 6.45) is 2.00. The number of ether oxygens (including phenoxy) is 2. The zero-order valence-electron chi connectivity index (χ0n) is 20.2. The number of carboxylic acid groups (broad SMARTS) is 1. The number of hydrogen-bond donors (Lipinski definition) is 3. The second kappa shape index (κ2) is 10.2. The molecule has 3 heterocycles. The van der Waals surface area contributed by atoms with Crippen LogP contribution in [0.3, 0.4) is 0 Å². The van der Waals surface area contributed by atoms with Crippen molar-refractivity contribution in [2.24, 2.45) is 5.73 Å². The van der Waals surface area contributed by atoms with Crippen LogP contribution >= 0.6 is 0 Å². The van der Waals surface area contributed by atoms with Gasteiger partial charge < -0.3 is 29.9 Å². The van der Waals surface area contributed by atoms with Crippen LogP contribution in [-0.4, -0.2) is 38.8 Å². The first-order chi connectivity index (χ1) is 17.9. The molecule has 0 saturated carbocycles. The number of nitrogens with one attached hydrogen (secondary N) is 1. The minimum absolute atomic E-state index is 0.243. The van der Waals surface area contributed by atoms with Gasteiger partial charge in [0.05, 0.1) is 11.0 Å². The first-order valence-electron chi connectivity index (χ1n) is 11.8. The number of benzene rings is 3. The third-order valence-corrected chi connectivity index (χ3v) is 5.98. The van der Waals surface area contributed by atoms with Crippen LogP contribution in [0.25, 0.3) is 33.2 Å². The molecule has 0 spiro atoms. The van der Waals surface area contributed by atoms with Gasteiger partial charge in [0.25, 0.3) is 11.5 Å². The molecule has 4 N–H and O–H groups in total. The molecule has 3 aromatic carbocycles. The number of H-pyrrole nitrogens is 1. The fourth-order valence-electron chi connectivity index (χ4n) is 4.42. The van der Waals surface area contributed by atoms with Gasteiger partial charge in [-0.25, -0.2) is 4.98 Å². The Morgan fingerprint density at radius 1 is 1.05 bits per heavy atom. The van der Waals surface area contributed by atoms with Gasteiger partial charge in [0, 0.05) is 54.8 Å². The maximum Gasteiger partial charge on any atom is 0.300 e. The van der Waals surface area contributed by atoms with E-state index in [1.807, 2.05) is 42.6 Å². The highest BCUT2D eigenvalue weighted by Crippen LogP contribution is 2.34. The Morgan fingerprint density at radius 2 is 1.76 bits per heavy atom. The number of aliphatic carboxylic acids is 1. The number of carbonyl (C=O) groups is 1. The predicted octanol–water partition coefficient (Wildman–Crippen LogP) is 3.91. The van der Waals surface area contributed by atoms with Gasteiger partial charge in [0.1, 0.15) is 18.9 Å². The zero-order chi connectivity index (χ0) is 25.9. The summed E-state index contributed by atoms with van der Waals surface area (Å²) >= 11 is 0. The van der Waals surface area contributed by atoms with Crippen molar-refractivity contribution in [3.63, 3.8) is 0 Å². The van der Waals surface area contributed by atoms with Crippen molar-refractivity contribution in [2.45, 2.75) is 20.0 Å². The second-order valence-electron chi connectivity index (χ2n) is 8.66. The summed E-state index contributed by atoms with van der Waals surface area (Å²) in [5, 5.41) is 8.39. The van der Waals surface area contributed by atoms with Gasteiger partial charge in [-0.1, -0.05) is 42.5 Å². The highest BCUT2D eigenvalue weighted by atomic mass is 16.6. The number of nitrogens with zero attached hydrogens (tertiary/aromatic N) is 2. The summed E-state index contributed by atoms with van der Waals surface area (Å²) in [5.74, 6) is 0.428. The lowest BCUT2D eigenvalue weighted by atomic mass is 10.1. The Kier molecular flexibility index (Phi) is 6.61. The average Bonchev–Trinajstić information content (AvgIpc) is 3.25. The van der Waals surface area contributed by atoms with Crippen molar-refractivity contribution in [1.29, 1.82) is 0 Å². The van der Waals surface area contributed by atoms with Crippen LogP contribution in [0.1, 0.15) is 18.1 Å². The molecule has 2 aromatic heterocycles. The standard InChI is InChI=1S/C26H22N4O3.C2H4O2/c27-13-16-4-3-5-17(10-16)14-30-15-19(18-6-1-2-7-22(18)30)25-26(31)29-21-12-24-23(11-20(21)28-25)32-8-9-33-24;1-2(3)4/h1-7,10-12,15H,8-9,13-14,27H2,(H,29,31);1H3,(H,3,4). The molecule has 37 heavy (non-hydrogen) atoms.